The summed E-state index contributed by atoms with van der Waals surface area (Å²) in [5.41, 5.74) is 2.53. The fourth-order valence-electron chi connectivity index (χ4n) is 3.44. The van der Waals surface area contributed by atoms with Gasteiger partial charge in [-0.2, -0.15) is 4.68 Å². The Morgan fingerprint density at radius 1 is 1.28 bits per heavy atom. The van der Waals surface area contributed by atoms with Crippen LogP contribution in [0.4, 0.5) is 0 Å². The number of hydrogen-bond acceptors (Lipinski definition) is 3. The van der Waals surface area contributed by atoms with Gasteiger partial charge in [-0.3, -0.25) is 0 Å². The highest BCUT2D eigenvalue weighted by Gasteiger charge is 2.22. The summed E-state index contributed by atoms with van der Waals surface area (Å²) in [5.74, 6) is 0.891. The molecule has 0 saturated carbocycles. The van der Waals surface area contributed by atoms with E-state index in [1.807, 2.05) is 16.3 Å². The van der Waals surface area contributed by atoms with Gasteiger partial charge < -0.3 is 14.6 Å². The number of rotatable bonds is 3. The molecule has 0 bridgehead atoms. The highest BCUT2D eigenvalue weighted by Crippen LogP contribution is 2.25. The SMILES string of the molecule is Cn1c(-c2ccc(C(C)(C)C)cc2)nn(C[NH+]2CCC[C@@H](O)C2)c1=S. The van der Waals surface area contributed by atoms with Crippen molar-refractivity contribution in [1.82, 2.24) is 14.3 Å². The summed E-state index contributed by atoms with van der Waals surface area (Å²) in [7, 11) is 1.97. The van der Waals surface area contributed by atoms with Crippen molar-refractivity contribution in [3.63, 3.8) is 0 Å². The molecule has 25 heavy (non-hydrogen) atoms. The van der Waals surface area contributed by atoms with Crippen LogP contribution >= 0.6 is 12.2 Å². The molecule has 1 fully saturated rings. The number of nitrogens with zero attached hydrogens (tertiary/aromatic N) is 3. The van der Waals surface area contributed by atoms with Gasteiger partial charge in [-0.15, -0.1) is 5.10 Å². The molecule has 1 saturated heterocycles. The second-order valence-electron chi connectivity index (χ2n) is 8.15. The van der Waals surface area contributed by atoms with Gasteiger partial charge in [0.2, 0.25) is 4.77 Å². The average Bonchev–Trinajstić information content (AvgIpc) is 2.83. The third kappa shape index (κ3) is 4.02. The Labute approximate surface area is 154 Å². The summed E-state index contributed by atoms with van der Waals surface area (Å²) in [6, 6.07) is 8.59. The predicted octanol–water partition coefficient (Wildman–Crippen LogP) is 1.91. The molecule has 0 amide bonds. The number of likely N-dealkylation sites (tertiary alicyclic amines) is 1. The molecule has 0 radical (unpaired) electrons. The van der Waals surface area contributed by atoms with E-state index < -0.39 is 0 Å². The highest BCUT2D eigenvalue weighted by molar-refractivity contribution is 7.71. The fourth-order valence-corrected chi connectivity index (χ4v) is 3.63. The quantitative estimate of drug-likeness (QED) is 0.821. The molecule has 136 valence electrons. The van der Waals surface area contributed by atoms with Crippen molar-refractivity contribution in [3.05, 3.63) is 34.6 Å². The molecule has 1 aliphatic rings. The molecule has 5 nitrogen and oxygen atoms in total. The first-order valence-electron chi connectivity index (χ1n) is 9.02. The molecular weight excluding hydrogens is 332 g/mol. The third-order valence-electron chi connectivity index (χ3n) is 5.02. The van der Waals surface area contributed by atoms with E-state index in [-0.39, 0.29) is 11.5 Å². The number of nitrogens with one attached hydrogen (secondary N) is 1. The van der Waals surface area contributed by atoms with Crippen molar-refractivity contribution in [1.29, 1.82) is 0 Å². The van der Waals surface area contributed by atoms with Gasteiger partial charge in [-0.05, 0) is 36.0 Å². The van der Waals surface area contributed by atoms with Crippen LogP contribution in [-0.4, -0.2) is 38.6 Å². The molecule has 1 aliphatic heterocycles. The van der Waals surface area contributed by atoms with E-state index in [0.29, 0.717) is 6.67 Å². The lowest BCUT2D eigenvalue weighted by molar-refractivity contribution is -0.931. The van der Waals surface area contributed by atoms with Crippen LogP contribution in [0.3, 0.4) is 0 Å². The van der Waals surface area contributed by atoms with Gasteiger partial charge in [0.05, 0.1) is 6.54 Å². The van der Waals surface area contributed by atoms with Crippen LogP contribution in [0.15, 0.2) is 24.3 Å². The van der Waals surface area contributed by atoms with E-state index in [1.165, 1.54) is 10.5 Å². The maximum absolute atomic E-state index is 9.87. The molecule has 2 heterocycles. The zero-order chi connectivity index (χ0) is 18.2. The molecule has 0 spiro atoms. The minimum atomic E-state index is -0.203. The zero-order valence-corrected chi connectivity index (χ0v) is 16.4. The molecule has 6 heteroatoms. The lowest BCUT2D eigenvalue weighted by Crippen LogP contribution is -3.13. The van der Waals surface area contributed by atoms with Crippen molar-refractivity contribution >= 4 is 12.2 Å². The zero-order valence-electron chi connectivity index (χ0n) is 15.6. The number of piperidine rings is 1. The van der Waals surface area contributed by atoms with Crippen LogP contribution in [0.2, 0.25) is 0 Å². The predicted molar refractivity (Wildman–Crippen MR) is 102 cm³/mol. The Morgan fingerprint density at radius 3 is 2.56 bits per heavy atom. The molecule has 1 unspecified atom stereocenters. The monoisotopic (exact) mass is 361 g/mol. The topological polar surface area (TPSA) is 47.4 Å². The van der Waals surface area contributed by atoms with Gasteiger partial charge in [0.25, 0.3) is 0 Å². The van der Waals surface area contributed by atoms with Gasteiger partial charge in [0, 0.05) is 12.6 Å². The molecule has 1 aromatic carbocycles. The van der Waals surface area contributed by atoms with E-state index in [9.17, 15) is 5.11 Å². The number of quaternary nitrogens is 1. The molecule has 2 aromatic rings. The Kier molecular flexibility index (Phi) is 5.14. The summed E-state index contributed by atoms with van der Waals surface area (Å²) >= 11 is 5.58. The van der Waals surface area contributed by atoms with E-state index in [1.54, 1.807) is 0 Å². The highest BCUT2D eigenvalue weighted by atomic mass is 32.1. The average molecular weight is 362 g/mol. The second-order valence-corrected chi connectivity index (χ2v) is 8.52. The van der Waals surface area contributed by atoms with Gasteiger partial charge in [0.15, 0.2) is 12.5 Å². The molecule has 2 N–H and O–H groups in total. The second kappa shape index (κ2) is 7.02. The van der Waals surface area contributed by atoms with E-state index >= 15 is 0 Å². The molecule has 0 aliphatic carbocycles. The van der Waals surface area contributed by atoms with Crippen molar-refractivity contribution in [2.75, 3.05) is 13.1 Å². The Hall–Kier alpha value is -1.50. The Bertz CT molecular complexity index is 785. The minimum absolute atomic E-state index is 0.141. The first kappa shape index (κ1) is 18.3. The van der Waals surface area contributed by atoms with Crippen LogP contribution in [0.5, 0.6) is 0 Å². The first-order valence-corrected chi connectivity index (χ1v) is 9.43. The first-order chi connectivity index (χ1) is 11.8. The van der Waals surface area contributed by atoms with Crippen LogP contribution in [0.25, 0.3) is 11.4 Å². The summed E-state index contributed by atoms with van der Waals surface area (Å²) in [6.45, 7) is 9.19. The van der Waals surface area contributed by atoms with E-state index in [2.05, 4.69) is 45.0 Å². The van der Waals surface area contributed by atoms with Gasteiger partial charge >= 0.3 is 0 Å². The summed E-state index contributed by atoms with van der Waals surface area (Å²) < 4.78 is 4.60. The summed E-state index contributed by atoms with van der Waals surface area (Å²) in [4.78, 5) is 1.34. The largest absolute Gasteiger partial charge is 0.387 e. The van der Waals surface area contributed by atoms with Crippen LogP contribution in [0, 0.1) is 4.77 Å². The molecule has 2 atom stereocenters. The lowest BCUT2D eigenvalue weighted by atomic mass is 9.87. The third-order valence-corrected chi connectivity index (χ3v) is 5.50. The van der Waals surface area contributed by atoms with Crippen LogP contribution in [-0.2, 0) is 19.1 Å². The Balaban J connectivity index is 1.85. The van der Waals surface area contributed by atoms with Gasteiger partial charge in [-0.25, -0.2) is 0 Å². The van der Waals surface area contributed by atoms with Crippen LogP contribution < -0.4 is 4.90 Å². The van der Waals surface area contributed by atoms with Crippen molar-refractivity contribution in [2.24, 2.45) is 7.05 Å². The smallest absolute Gasteiger partial charge is 0.202 e. The van der Waals surface area contributed by atoms with Gasteiger partial charge in [0.1, 0.15) is 12.6 Å². The summed E-state index contributed by atoms with van der Waals surface area (Å²) in [6.07, 6.45) is 1.76. The maximum atomic E-state index is 9.87. The molecular formula is C19H29N4OS+. The lowest BCUT2D eigenvalue weighted by Gasteiger charge is -2.26. The standard InChI is InChI=1S/C19H28N4OS/c1-19(2,3)15-9-7-14(8-10-15)17-20-23(18(25)21(17)4)13-22-11-5-6-16(24)12-22/h7-10,16,24H,5-6,11-13H2,1-4H3/p+1/t16-/m1/s1. The van der Waals surface area contributed by atoms with Crippen molar-refractivity contribution in [2.45, 2.75) is 51.8 Å². The normalized spacial score (nSPS) is 21.5. The minimum Gasteiger partial charge on any atom is -0.387 e. The van der Waals surface area contributed by atoms with Gasteiger partial charge in [-0.1, -0.05) is 45.0 Å². The number of aliphatic hydroxyl groups excluding tert-OH is 1. The molecule has 3 rings (SSSR count). The number of aliphatic hydroxyl groups is 1. The summed E-state index contributed by atoms with van der Waals surface area (Å²) in [5, 5.41) is 14.6. The number of benzene rings is 1. The number of aromatic nitrogens is 3. The maximum Gasteiger partial charge on any atom is 0.202 e. The fraction of sp³-hybridized carbons (Fsp3) is 0.579. The van der Waals surface area contributed by atoms with E-state index in [4.69, 9.17) is 17.3 Å². The van der Waals surface area contributed by atoms with E-state index in [0.717, 1.165) is 42.1 Å². The Morgan fingerprint density at radius 2 is 1.96 bits per heavy atom. The molecule has 1 aromatic heterocycles. The number of hydrogen-bond donors (Lipinski definition) is 2. The van der Waals surface area contributed by atoms with Crippen LogP contribution in [0.1, 0.15) is 39.2 Å². The van der Waals surface area contributed by atoms with Crippen molar-refractivity contribution < 1.29 is 10.0 Å². The van der Waals surface area contributed by atoms with Crippen molar-refractivity contribution in [3.8, 4) is 11.4 Å².